The average Bonchev–Trinajstić information content (AvgIpc) is 2.84. The summed E-state index contributed by atoms with van der Waals surface area (Å²) in [5.74, 6) is 1.18. The van der Waals surface area contributed by atoms with E-state index in [0.717, 1.165) is 5.56 Å². The van der Waals surface area contributed by atoms with E-state index in [0.29, 0.717) is 47.1 Å². The second kappa shape index (κ2) is 10.2. The van der Waals surface area contributed by atoms with Crippen LogP contribution in [0.1, 0.15) is 18.1 Å². The van der Waals surface area contributed by atoms with E-state index in [-0.39, 0.29) is 18.0 Å². The number of ether oxygens (including phenoxy) is 1. The van der Waals surface area contributed by atoms with E-state index in [1.165, 1.54) is 12.5 Å². The number of hydrogen-bond donors (Lipinski definition) is 2. The van der Waals surface area contributed by atoms with Crippen LogP contribution in [0.25, 0.3) is 22.4 Å². The number of carbonyl (C=O) groups excluding carboxylic acids is 1. The van der Waals surface area contributed by atoms with E-state index in [1.54, 1.807) is 35.9 Å². The minimum absolute atomic E-state index is 0.157. The summed E-state index contributed by atoms with van der Waals surface area (Å²) in [5.41, 5.74) is 4.11. The molecule has 0 bridgehead atoms. The molecule has 2 N–H and O–H groups in total. The second-order valence-electron chi connectivity index (χ2n) is 8.01. The summed E-state index contributed by atoms with van der Waals surface area (Å²) in [6.07, 6.45) is 0. The number of carbonyl (C=O) groups is 1. The largest absolute Gasteiger partial charge is 0.497 e. The summed E-state index contributed by atoms with van der Waals surface area (Å²) in [7, 11) is 1.59. The highest BCUT2D eigenvalue weighted by molar-refractivity contribution is 5.76. The molecule has 8 heteroatoms. The molecule has 0 radical (unpaired) electrons. The van der Waals surface area contributed by atoms with Crippen molar-refractivity contribution in [3.05, 3.63) is 82.1 Å². The molecule has 0 saturated carbocycles. The van der Waals surface area contributed by atoms with Gasteiger partial charge in [0.05, 0.1) is 7.11 Å². The van der Waals surface area contributed by atoms with Crippen molar-refractivity contribution in [1.82, 2.24) is 19.9 Å². The van der Waals surface area contributed by atoms with Crippen molar-refractivity contribution in [3.8, 4) is 17.0 Å². The number of methoxy groups -OCH3 is 1. The maximum Gasteiger partial charge on any atom is 0.278 e. The molecule has 4 aromatic rings. The van der Waals surface area contributed by atoms with Crippen LogP contribution in [0.3, 0.4) is 0 Å². The first-order chi connectivity index (χ1) is 16.4. The van der Waals surface area contributed by atoms with Gasteiger partial charge in [-0.25, -0.2) is 9.97 Å². The van der Waals surface area contributed by atoms with Gasteiger partial charge in [0.15, 0.2) is 5.65 Å². The first-order valence-electron chi connectivity index (χ1n) is 11.0. The molecule has 34 heavy (non-hydrogen) atoms. The van der Waals surface area contributed by atoms with Crippen LogP contribution in [0.15, 0.2) is 65.5 Å². The first-order valence-corrected chi connectivity index (χ1v) is 11.0. The molecule has 1 amide bonds. The van der Waals surface area contributed by atoms with Crippen molar-refractivity contribution in [1.29, 1.82) is 0 Å². The Bertz CT molecular complexity index is 1380. The third-order valence-electron chi connectivity index (χ3n) is 5.42. The normalized spacial score (nSPS) is 10.8. The molecule has 0 spiro atoms. The number of amides is 1. The van der Waals surface area contributed by atoms with Gasteiger partial charge < -0.3 is 15.4 Å². The lowest BCUT2D eigenvalue weighted by Crippen LogP contribution is -2.31. The summed E-state index contributed by atoms with van der Waals surface area (Å²) in [5, 5.41) is 6.07. The van der Waals surface area contributed by atoms with Crippen LogP contribution in [-0.2, 0) is 17.9 Å². The topological polar surface area (TPSA) is 98.1 Å². The van der Waals surface area contributed by atoms with Gasteiger partial charge in [-0.05, 0) is 48.9 Å². The Hall–Kier alpha value is -4.20. The van der Waals surface area contributed by atoms with Crippen molar-refractivity contribution < 1.29 is 9.53 Å². The monoisotopic (exact) mass is 457 g/mol. The van der Waals surface area contributed by atoms with Gasteiger partial charge in [0.2, 0.25) is 5.91 Å². The molecule has 174 valence electrons. The Labute approximate surface area is 197 Å². The number of rotatable bonds is 8. The van der Waals surface area contributed by atoms with Gasteiger partial charge in [0.1, 0.15) is 22.8 Å². The highest BCUT2D eigenvalue weighted by Gasteiger charge is 2.15. The Morgan fingerprint density at radius 3 is 2.56 bits per heavy atom. The van der Waals surface area contributed by atoms with Crippen LogP contribution >= 0.6 is 0 Å². The van der Waals surface area contributed by atoms with Gasteiger partial charge in [-0.2, -0.15) is 0 Å². The molecule has 0 aliphatic carbocycles. The molecule has 8 nitrogen and oxygen atoms in total. The minimum Gasteiger partial charge on any atom is -0.497 e. The highest BCUT2D eigenvalue weighted by Crippen LogP contribution is 2.21. The maximum atomic E-state index is 13.4. The number of nitrogens with zero attached hydrogens (tertiary/aromatic N) is 3. The fraction of sp³-hybridized carbons (Fsp3) is 0.231. The van der Waals surface area contributed by atoms with Crippen molar-refractivity contribution in [2.75, 3.05) is 19.0 Å². The third kappa shape index (κ3) is 5.23. The first kappa shape index (κ1) is 23.0. The highest BCUT2D eigenvalue weighted by atomic mass is 16.5. The van der Waals surface area contributed by atoms with E-state index >= 15 is 0 Å². The number of aromatic nitrogens is 3. The lowest BCUT2D eigenvalue weighted by molar-refractivity contribution is -0.118. The zero-order chi connectivity index (χ0) is 24.1. The fourth-order valence-corrected chi connectivity index (χ4v) is 3.72. The number of fused-ring (bicyclic) bond motifs is 1. The van der Waals surface area contributed by atoms with Gasteiger partial charge in [-0.1, -0.05) is 29.8 Å². The van der Waals surface area contributed by atoms with Gasteiger partial charge >= 0.3 is 0 Å². The molecule has 2 aromatic heterocycles. The quantitative estimate of drug-likeness (QED) is 0.420. The van der Waals surface area contributed by atoms with E-state index in [4.69, 9.17) is 9.72 Å². The van der Waals surface area contributed by atoms with Gasteiger partial charge in [-0.3, -0.25) is 14.2 Å². The van der Waals surface area contributed by atoms with Crippen LogP contribution in [0, 0.1) is 6.92 Å². The lowest BCUT2D eigenvalue weighted by Gasteiger charge is -2.14. The molecule has 0 aliphatic heterocycles. The van der Waals surface area contributed by atoms with Crippen LogP contribution in [0.2, 0.25) is 0 Å². The fourth-order valence-electron chi connectivity index (χ4n) is 3.72. The molecule has 2 aromatic carbocycles. The number of benzene rings is 2. The molecule has 2 heterocycles. The van der Waals surface area contributed by atoms with Crippen LogP contribution < -0.4 is 20.9 Å². The lowest BCUT2D eigenvalue weighted by atomic mass is 10.1. The van der Waals surface area contributed by atoms with E-state index < -0.39 is 0 Å². The Morgan fingerprint density at radius 1 is 1.06 bits per heavy atom. The zero-order valence-electron chi connectivity index (χ0n) is 19.5. The molecular formula is C26H27N5O3. The molecule has 4 rings (SSSR count). The predicted octanol–water partition coefficient (Wildman–Crippen LogP) is 3.52. The molecule has 0 atom stereocenters. The SMILES string of the molecule is COc1ccc(-c2nc3ccc(NCc4cccc(C)c4)nc3n(CCNC(C)=O)c2=O)cc1. The molecular weight excluding hydrogens is 430 g/mol. The van der Waals surface area contributed by atoms with Crippen LogP contribution in [0.4, 0.5) is 5.82 Å². The summed E-state index contributed by atoms with van der Waals surface area (Å²) in [6, 6.07) is 19.1. The van der Waals surface area contributed by atoms with Crippen LogP contribution in [0.5, 0.6) is 5.75 Å². The van der Waals surface area contributed by atoms with Crippen molar-refractivity contribution >= 4 is 22.9 Å². The molecule has 0 unspecified atom stereocenters. The number of hydrogen-bond acceptors (Lipinski definition) is 6. The molecule has 0 saturated heterocycles. The maximum absolute atomic E-state index is 13.4. The molecule has 0 fully saturated rings. The zero-order valence-corrected chi connectivity index (χ0v) is 19.5. The summed E-state index contributed by atoms with van der Waals surface area (Å²) >= 11 is 0. The van der Waals surface area contributed by atoms with E-state index in [2.05, 4.69) is 34.7 Å². The number of aryl methyl sites for hydroxylation is 1. The smallest absolute Gasteiger partial charge is 0.278 e. The van der Waals surface area contributed by atoms with Crippen molar-refractivity contribution in [2.45, 2.75) is 26.9 Å². The number of nitrogens with one attached hydrogen (secondary N) is 2. The number of anilines is 1. The van der Waals surface area contributed by atoms with Gasteiger partial charge in [-0.15, -0.1) is 0 Å². The minimum atomic E-state index is -0.272. The Kier molecular flexibility index (Phi) is 6.87. The summed E-state index contributed by atoms with van der Waals surface area (Å²) in [6.45, 7) is 4.68. The standard InChI is InChI=1S/C26H27N5O3/c1-17-5-4-6-19(15-17)16-28-23-12-11-22-25(30-23)31(14-13-27-18(2)32)26(33)24(29-22)20-7-9-21(34-3)10-8-20/h4-12,15H,13-14,16H2,1-3H3,(H,27,32)(H,28,30). The Balaban J connectivity index is 1.72. The summed E-state index contributed by atoms with van der Waals surface area (Å²) < 4.78 is 6.78. The van der Waals surface area contributed by atoms with Crippen molar-refractivity contribution in [3.63, 3.8) is 0 Å². The van der Waals surface area contributed by atoms with Gasteiger partial charge in [0, 0.05) is 32.1 Å². The second-order valence-corrected chi connectivity index (χ2v) is 8.01. The molecule has 0 aliphatic rings. The average molecular weight is 458 g/mol. The summed E-state index contributed by atoms with van der Waals surface area (Å²) in [4.78, 5) is 34.1. The van der Waals surface area contributed by atoms with Crippen molar-refractivity contribution in [2.24, 2.45) is 0 Å². The Morgan fingerprint density at radius 2 is 1.85 bits per heavy atom. The predicted molar refractivity (Wildman–Crippen MR) is 133 cm³/mol. The third-order valence-corrected chi connectivity index (χ3v) is 5.42. The number of pyridine rings is 1. The van der Waals surface area contributed by atoms with Crippen LogP contribution in [-0.4, -0.2) is 34.1 Å². The van der Waals surface area contributed by atoms with E-state index in [9.17, 15) is 9.59 Å². The van der Waals surface area contributed by atoms with Gasteiger partial charge in [0.25, 0.3) is 5.56 Å². The van der Waals surface area contributed by atoms with E-state index in [1.807, 2.05) is 24.3 Å².